The maximum atomic E-state index is 12.9. The van der Waals surface area contributed by atoms with Crippen LogP contribution >= 0.6 is 0 Å². The van der Waals surface area contributed by atoms with Crippen LogP contribution in [0.3, 0.4) is 0 Å². The van der Waals surface area contributed by atoms with Gasteiger partial charge in [0.1, 0.15) is 11.4 Å². The van der Waals surface area contributed by atoms with E-state index in [4.69, 9.17) is 0 Å². The summed E-state index contributed by atoms with van der Waals surface area (Å²) in [6, 6.07) is 3.60. The number of aryl methyl sites for hydroxylation is 1. The van der Waals surface area contributed by atoms with Gasteiger partial charge >= 0.3 is 0 Å². The van der Waals surface area contributed by atoms with Gasteiger partial charge in [-0.25, -0.2) is 4.98 Å². The highest BCUT2D eigenvalue weighted by molar-refractivity contribution is 5.98. The highest BCUT2D eigenvalue weighted by Crippen LogP contribution is 2.33. The SMILES string of the molecule is O=C(N[C@@H]1CCN(C(=O)c2ccc3c(c2O)CCCC3)C1)c1cnc[nH]1. The maximum absolute atomic E-state index is 12.9. The molecule has 136 valence electrons. The molecule has 7 nitrogen and oxygen atoms in total. The average Bonchev–Trinajstić information content (AvgIpc) is 3.34. The van der Waals surface area contributed by atoms with Gasteiger partial charge in [0, 0.05) is 19.1 Å². The number of H-pyrrole nitrogens is 1. The number of fused-ring (bicyclic) bond motifs is 1. The molecule has 1 aromatic carbocycles. The van der Waals surface area contributed by atoms with Crippen molar-refractivity contribution in [1.82, 2.24) is 20.2 Å². The summed E-state index contributed by atoms with van der Waals surface area (Å²) < 4.78 is 0. The molecule has 7 heteroatoms. The number of likely N-dealkylation sites (tertiary alicyclic amines) is 1. The van der Waals surface area contributed by atoms with Gasteiger partial charge in [0.25, 0.3) is 11.8 Å². The van der Waals surface area contributed by atoms with E-state index in [-0.39, 0.29) is 23.6 Å². The Hall–Kier alpha value is -2.83. The zero-order chi connectivity index (χ0) is 18.1. The molecule has 2 amide bonds. The molecule has 4 rings (SSSR count). The quantitative estimate of drug-likeness (QED) is 0.780. The third-order valence-electron chi connectivity index (χ3n) is 5.29. The highest BCUT2D eigenvalue weighted by atomic mass is 16.3. The van der Waals surface area contributed by atoms with E-state index in [9.17, 15) is 14.7 Å². The number of imidazole rings is 1. The number of nitrogens with zero attached hydrogens (tertiary/aromatic N) is 2. The van der Waals surface area contributed by atoms with E-state index >= 15 is 0 Å². The Balaban J connectivity index is 1.44. The summed E-state index contributed by atoms with van der Waals surface area (Å²) in [5.41, 5.74) is 2.84. The fraction of sp³-hybridized carbons (Fsp3) is 0.421. The fourth-order valence-electron chi connectivity index (χ4n) is 3.86. The van der Waals surface area contributed by atoms with Crippen LogP contribution in [0.5, 0.6) is 5.75 Å². The molecule has 0 bridgehead atoms. The van der Waals surface area contributed by atoms with Crippen molar-refractivity contribution in [2.45, 2.75) is 38.1 Å². The summed E-state index contributed by atoms with van der Waals surface area (Å²) in [6.45, 7) is 0.999. The van der Waals surface area contributed by atoms with Gasteiger partial charge in [-0.15, -0.1) is 0 Å². The number of carbonyl (C=O) groups is 2. The van der Waals surface area contributed by atoms with E-state index in [0.717, 1.165) is 36.8 Å². The van der Waals surface area contributed by atoms with Gasteiger partial charge in [-0.2, -0.15) is 0 Å². The summed E-state index contributed by atoms with van der Waals surface area (Å²) in [4.78, 5) is 33.3. The number of phenols is 1. The first-order chi connectivity index (χ1) is 12.6. The van der Waals surface area contributed by atoms with Crippen LogP contribution < -0.4 is 5.32 Å². The lowest BCUT2D eigenvalue weighted by molar-refractivity contribution is 0.0779. The van der Waals surface area contributed by atoms with Gasteiger partial charge in [-0.3, -0.25) is 9.59 Å². The molecule has 2 aliphatic rings. The van der Waals surface area contributed by atoms with Crippen LogP contribution in [-0.4, -0.2) is 50.9 Å². The van der Waals surface area contributed by atoms with E-state index in [0.29, 0.717) is 30.8 Å². The van der Waals surface area contributed by atoms with Crippen LogP contribution in [0.25, 0.3) is 0 Å². The largest absolute Gasteiger partial charge is 0.507 e. The van der Waals surface area contributed by atoms with Gasteiger partial charge in [0.2, 0.25) is 0 Å². The number of aromatic amines is 1. The molecule has 3 N–H and O–H groups in total. The Morgan fingerprint density at radius 1 is 1.27 bits per heavy atom. The number of nitrogens with one attached hydrogen (secondary N) is 2. The van der Waals surface area contributed by atoms with Crippen LogP contribution in [0.4, 0.5) is 0 Å². The maximum Gasteiger partial charge on any atom is 0.269 e. The number of rotatable bonds is 3. The van der Waals surface area contributed by atoms with Crippen molar-refractivity contribution in [3.63, 3.8) is 0 Å². The number of amides is 2. The van der Waals surface area contributed by atoms with E-state index in [2.05, 4.69) is 15.3 Å². The molecular formula is C19H22N4O3. The predicted molar refractivity (Wildman–Crippen MR) is 95.1 cm³/mol. The Bertz CT molecular complexity index is 832. The van der Waals surface area contributed by atoms with Crippen LogP contribution in [0, 0.1) is 0 Å². The van der Waals surface area contributed by atoms with E-state index in [1.807, 2.05) is 6.07 Å². The van der Waals surface area contributed by atoms with Gasteiger partial charge in [0.15, 0.2) is 0 Å². The van der Waals surface area contributed by atoms with Crippen molar-refractivity contribution in [1.29, 1.82) is 0 Å². The number of aromatic nitrogens is 2. The number of phenolic OH excluding ortho intramolecular Hbond substituents is 1. The topological polar surface area (TPSA) is 98.3 Å². The lowest BCUT2D eigenvalue weighted by Crippen LogP contribution is -2.38. The first kappa shape index (κ1) is 16.6. The van der Waals surface area contributed by atoms with Crippen LogP contribution in [0.15, 0.2) is 24.7 Å². The molecule has 1 fully saturated rings. The van der Waals surface area contributed by atoms with Crippen molar-refractivity contribution in [3.8, 4) is 5.75 Å². The lowest BCUT2D eigenvalue weighted by Gasteiger charge is -2.21. The smallest absolute Gasteiger partial charge is 0.269 e. The Morgan fingerprint density at radius 3 is 2.92 bits per heavy atom. The Morgan fingerprint density at radius 2 is 2.12 bits per heavy atom. The third-order valence-corrected chi connectivity index (χ3v) is 5.29. The summed E-state index contributed by atoms with van der Waals surface area (Å²) in [5.74, 6) is -0.260. The minimum Gasteiger partial charge on any atom is -0.507 e. The summed E-state index contributed by atoms with van der Waals surface area (Å²) >= 11 is 0. The zero-order valence-electron chi connectivity index (χ0n) is 14.5. The number of aromatic hydroxyl groups is 1. The molecule has 1 aliphatic carbocycles. The van der Waals surface area contributed by atoms with Gasteiger partial charge in [0.05, 0.1) is 18.1 Å². The van der Waals surface area contributed by atoms with Crippen molar-refractivity contribution in [2.24, 2.45) is 0 Å². The van der Waals surface area contributed by atoms with Crippen molar-refractivity contribution < 1.29 is 14.7 Å². The molecule has 0 radical (unpaired) electrons. The first-order valence-electron chi connectivity index (χ1n) is 9.05. The van der Waals surface area contributed by atoms with Crippen LogP contribution in [0.2, 0.25) is 0 Å². The summed E-state index contributed by atoms with van der Waals surface area (Å²) in [7, 11) is 0. The number of benzene rings is 1. The second-order valence-electron chi connectivity index (χ2n) is 6.98. The van der Waals surface area contributed by atoms with Gasteiger partial charge < -0.3 is 20.3 Å². The Labute approximate surface area is 151 Å². The molecular weight excluding hydrogens is 332 g/mol. The van der Waals surface area contributed by atoms with E-state index < -0.39 is 0 Å². The molecule has 0 spiro atoms. The monoisotopic (exact) mass is 354 g/mol. The molecule has 1 aliphatic heterocycles. The van der Waals surface area contributed by atoms with Gasteiger partial charge in [-0.05, 0) is 49.3 Å². The molecule has 1 aromatic heterocycles. The van der Waals surface area contributed by atoms with Crippen LogP contribution in [0.1, 0.15) is 51.2 Å². The van der Waals surface area contributed by atoms with Crippen molar-refractivity contribution >= 4 is 11.8 Å². The zero-order valence-corrected chi connectivity index (χ0v) is 14.5. The van der Waals surface area contributed by atoms with E-state index in [1.54, 1.807) is 11.0 Å². The number of hydrogen-bond donors (Lipinski definition) is 3. The molecule has 1 saturated heterocycles. The minimum atomic E-state index is -0.224. The molecule has 0 saturated carbocycles. The second-order valence-corrected chi connectivity index (χ2v) is 6.98. The molecule has 0 unspecified atom stereocenters. The standard InChI is InChI=1S/C19H22N4O3/c24-17-14-4-2-1-3-12(14)5-6-15(17)19(26)23-8-7-13(10-23)22-18(25)16-9-20-11-21-16/h5-6,9,11,13,24H,1-4,7-8,10H2,(H,20,21)(H,22,25)/t13-/m1/s1. The normalized spacial score (nSPS) is 19.2. The molecule has 2 heterocycles. The Kier molecular flexibility index (Phi) is 4.36. The van der Waals surface area contributed by atoms with Crippen molar-refractivity contribution in [3.05, 3.63) is 47.0 Å². The highest BCUT2D eigenvalue weighted by Gasteiger charge is 2.30. The number of hydrogen-bond acceptors (Lipinski definition) is 4. The minimum absolute atomic E-state index is 0.102. The molecule has 2 aromatic rings. The van der Waals surface area contributed by atoms with Crippen LogP contribution in [-0.2, 0) is 12.8 Å². The van der Waals surface area contributed by atoms with Crippen molar-refractivity contribution in [2.75, 3.05) is 13.1 Å². The second kappa shape index (κ2) is 6.82. The first-order valence-corrected chi connectivity index (χ1v) is 9.05. The predicted octanol–water partition coefficient (Wildman–Crippen LogP) is 1.64. The summed E-state index contributed by atoms with van der Waals surface area (Å²) in [6.07, 6.45) is 7.58. The van der Waals surface area contributed by atoms with E-state index in [1.165, 1.54) is 12.5 Å². The molecule has 26 heavy (non-hydrogen) atoms. The van der Waals surface area contributed by atoms with Gasteiger partial charge in [-0.1, -0.05) is 6.07 Å². The summed E-state index contributed by atoms with van der Waals surface area (Å²) in [5, 5.41) is 13.5. The molecule has 1 atom stereocenters. The average molecular weight is 354 g/mol. The number of carbonyl (C=O) groups excluding carboxylic acids is 2. The lowest BCUT2D eigenvalue weighted by atomic mass is 9.89. The fourth-order valence-corrected chi connectivity index (χ4v) is 3.86. The third kappa shape index (κ3) is 3.05.